The summed E-state index contributed by atoms with van der Waals surface area (Å²) in [5.74, 6) is 0.205. The second kappa shape index (κ2) is 7.40. The molecule has 0 radical (unpaired) electrons. The van der Waals surface area contributed by atoms with Crippen LogP contribution in [0.25, 0.3) is 0 Å². The molecule has 1 aromatic heterocycles. The minimum absolute atomic E-state index is 0.306. The van der Waals surface area contributed by atoms with Gasteiger partial charge in [0.15, 0.2) is 0 Å². The van der Waals surface area contributed by atoms with E-state index in [1.54, 1.807) is 41.8 Å². The molecule has 0 unspecified atom stereocenters. The van der Waals surface area contributed by atoms with Crippen molar-refractivity contribution in [2.45, 2.75) is 6.92 Å². The first kappa shape index (κ1) is 15.0. The molecule has 0 atom stereocenters. The maximum atomic E-state index is 12.1. The maximum Gasteiger partial charge on any atom is 0.275 e. The number of para-hydroxylation sites is 1. The molecule has 5 heteroatoms. The fourth-order valence-electron chi connectivity index (χ4n) is 1.67. The van der Waals surface area contributed by atoms with Gasteiger partial charge in [0.1, 0.15) is 12.4 Å². The monoisotopic (exact) mass is 300 g/mol. The van der Waals surface area contributed by atoms with E-state index >= 15 is 0 Å². The fourth-order valence-corrected chi connectivity index (χ4v) is 2.42. The van der Waals surface area contributed by atoms with Crippen molar-refractivity contribution in [3.8, 4) is 5.75 Å². The van der Waals surface area contributed by atoms with E-state index in [9.17, 15) is 4.79 Å². The van der Waals surface area contributed by atoms with Crippen LogP contribution in [0.5, 0.6) is 5.75 Å². The molecule has 0 saturated carbocycles. The van der Waals surface area contributed by atoms with E-state index in [-0.39, 0.29) is 5.91 Å². The summed E-state index contributed by atoms with van der Waals surface area (Å²) in [6, 6.07) is 11.0. The van der Waals surface area contributed by atoms with Crippen molar-refractivity contribution < 1.29 is 9.53 Å². The molecule has 2 rings (SSSR count). The molecule has 108 valence electrons. The van der Waals surface area contributed by atoms with Gasteiger partial charge >= 0.3 is 0 Å². The second-order valence-electron chi connectivity index (χ2n) is 4.24. The Hall–Kier alpha value is -2.40. The van der Waals surface area contributed by atoms with Crippen molar-refractivity contribution >= 4 is 23.5 Å². The molecule has 0 saturated heterocycles. The van der Waals surface area contributed by atoms with Crippen LogP contribution in [0.3, 0.4) is 0 Å². The Morgan fingerprint density at radius 1 is 1.38 bits per heavy atom. The first-order valence-corrected chi connectivity index (χ1v) is 7.25. The van der Waals surface area contributed by atoms with E-state index < -0.39 is 0 Å². The summed E-state index contributed by atoms with van der Waals surface area (Å²) >= 11 is 1.61. The number of thiophene rings is 1. The molecular formula is C16H16N2O2S. The standard InChI is InChI=1S/C16H16N2O2S/c1-3-10-20-15-7-5-4-6-14(15)16(19)18-17-11-13-9-8-12(2)21-13/h3-9,11H,1,10H2,2H3,(H,18,19). The lowest BCUT2D eigenvalue weighted by Crippen LogP contribution is -2.18. The molecule has 1 amide bonds. The number of carbonyl (C=O) groups is 1. The molecule has 4 nitrogen and oxygen atoms in total. The Balaban J connectivity index is 2.03. The number of nitrogens with zero attached hydrogens (tertiary/aromatic N) is 1. The smallest absolute Gasteiger partial charge is 0.275 e. The van der Waals surface area contributed by atoms with E-state index in [1.165, 1.54) is 4.88 Å². The second-order valence-corrected chi connectivity index (χ2v) is 5.56. The number of ether oxygens (including phenoxy) is 1. The van der Waals surface area contributed by atoms with Gasteiger partial charge in [0.05, 0.1) is 11.8 Å². The van der Waals surface area contributed by atoms with Gasteiger partial charge in [-0.05, 0) is 31.2 Å². The summed E-state index contributed by atoms with van der Waals surface area (Å²) in [4.78, 5) is 14.3. The zero-order chi connectivity index (χ0) is 15.1. The van der Waals surface area contributed by atoms with Crippen molar-refractivity contribution in [3.05, 3.63) is 64.4 Å². The highest BCUT2D eigenvalue weighted by Gasteiger charge is 2.10. The number of hydrogen-bond donors (Lipinski definition) is 1. The molecule has 21 heavy (non-hydrogen) atoms. The lowest BCUT2D eigenvalue weighted by atomic mass is 10.2. The first-order valence-electron chi connectivity index (χ1n) is 6.43. The molecule has 1 heterocycles. The van der Waals surface area contributed by atoms with E-state index in [4.69, 9.17) is 4.74 Å². The highest BCUT2D eigenvalue weighted by atomic mass is 32.1. The van der Waals surface area contributed by atoms with E-state index in [0.29, 0.717) is 17.9 Å². The van der Waals surface area contributed by atoms with Crippen molar-refractivity contribution in [1.29, 1.82) is 0 Å². The number of benzene rings is 1. The molecule has 1 aromatic carbocycles. The Kier molecular flexibility index (Phi) is 5.29. The molecule has 0 aliphatic carbocycles. The summed E-state index contributed by atoms with van der Waals surface area (Å²) in [5.41, 5.74) is 2.95. The average molecular weight is 300 g/mol. The number of carbonyl (C=O) groups excluding carboxylic acids is 1. The predicted octanol–water partition coefficient (Wildman–Crippen LogP) is 3.39. The van der Waals surface area contributed by atoms with Gasteiger partial charge in [-0.2, -0.15) is 5.10 Å². The Morgan fingerprint density at radius 3 is 2.90 bits per heavy atom. The number of hydrogen-bond acceptors (Lipinski definition) is 4. The van der Waals surface area contributed by atoms with Crippen LogP contribution in [0.2, 0.25) is 0 Å². The molecule has 0 aliphatic rings. The third-order valence-electron chi connectivity index (χ3n) is 2.61. The van der Waals surface area contributed by atoms with Gasteiger partial charge in [-0.3, -0.25) is 4.79 Å². The number of rotatable bonds is 6. The minimum Gasteiger partial charge on any atom is -0.489 e. The summed E-state index contributed by atoms with van der Waals surface area (Å²) in [5, 5.41) is 3.96. The van der Waals surface area contributed by atoms with Gasteiger partial charge in [0.2, 0.25) is 0 Å². The fraction of sp³-hybridized carbons (Fsp3) is 0.125. The molecular weight excluding hydrogens is 284 g/mol. The SMILES string of the molecule is C=CCOc1ccccc1C(=O)NN=Cc1ccc(C)s1. The number of hydrazone groups is 1. The van der Waals surface area contributed by atoms with Crippen LogP contribution in [-0.2, 0) is 0 Å². The molecule has 0 bridgehead atoms. The molecule has 0 aliphatic heterocycles. The van der Waals surface area contributed by atoms with Crippen molar-refractivity contribution in [2.75, 3.05) is 6.61 Å². The largest absolute Gasteiger partial charge is 0.489 e. The number of nitrogens with one attached hydrogen (secondary N) is 1. The normalized spacial score (nSPS) is 10.5. The van der Waals surface area contributed by atoms with E-state index in [0.717, 1.165) is 4.88 Å². The summed E-state index contributed by atoms with van der Waals surface area (Å²) < 4.78 is 5.45. The van der Waals surface area contributed by atoms with Gasteiger partial charge in [0.25, 0.3) is 5.91 Å². The average Bonchev–Trinajstić information content (AvgIpc) is 2.91. The summed E-state index contributed by atoms with van der Waals surface area (Å²) in [6.07, 6.45) is 3.26. The highest BCUT2D eigenvalue weighted by molar-refractivity contribution is 7.13. The van der Waals surface area contributed by atoms with Crippen LogP contribution in [0.1, 0.15) is 20.1 Å². The molecule has 2 aromatic rings. The van der Waals surface area contributed by atoms with Crippen LogP contribution in [-0.4, -0.2) is 18.7 Å². The molecule has 1 N–H and O–H groups in total. The van der Waals surface area contributed by atoms with Crippen molar-refractivity contribution in [3.63, 3.8) is 0 Å². The number of aryl methyl sites for hydroxylation is 1. The highest BCUT2D eigenvalue weighted by Crippen LogP contribution is 2.17. The van der Waals surface area contributed by atoms with E-state index in [2.05, 4.69) is 17.1 Å². The quantitative estimate of drug-likeness (QED) is 0.505. The molecule has 0 spiro atoms. The van der Waals surface area contributed by atoms with E-state index in [1.807, 2.05) is 25.1 Å². The zero-order valence-electron chi connectivity index (χ0n) is 11.7. The lowest BCUT2D eigenvalue weighted by molar-refractivity contribution is 0.0951. The summed E-state index contributed by atoms with van der Waals surface area (Å²) in [6.45, 7) is 5.96. The maximum absolute atomic E-state index is 12.1. The molecule has 0 fully saturated rings. The van der Waals surface area contributed by atoms with Gasteiger partial charge in [0, 0.05) is 9.75 Å². The van der Waals surface area contributed by atoms with Gasteiger partial charge in [-0.25, -0.2) is 5.43 Å². The third-order valence-corrected chi connectivity index (χ3v) is 3.54. The van der Waals surface area contributed by atoms with Crippen molar-refractivity contribution in [1.82, 2.24) is 5.43 Å². The van der Waals surface area contributed by atoms with Gasteiger partial charge < -0.3 is 4.74 Å². The summed E-state index contributed by atoms with van der Waals surface area (Å²) in [7, 11) is 0. The minimum atomic E-state index is -0.306. The van der Waals surface area contributed by atoms with Crippen LogP contribution in [0.15, 0.2) is 54.2 Å². The Labute approximate surface area is 127 Å². The van der Waals surface area contributed by atoms with Crippen molar-refractivity contribution in [2.24, 2.45) is 5.10 Å². The van der Waals surface area contributed by atoms with Gasteiger partial charge in [-0.1, -0.05) is 24.8 Å². The number of amides is 1. The van der Waals surface area contributed by atoms with Crippen LogP contribution in [0.4, 0.5) is 0 Å². The van der Waals surface area contributed by atoms with Crippen LogP contribution >= 0.6 is 11.3 Å². The van der Waals surface area contributed by atoms with Crippen LogP contribution in [0, 0.1) is 6.92 Å². The zero-order valence-corrected chi connectivity index (χ0v) is 12.5. The lowest BCUT2D eigenvalue weighted by Gasteiger charge is -2.08. The Morgan fingerprint density at radius 2 is 2.19 bits per heavy atom. The first-order chi connectivity index (χ1) is 10.2. The Bertz CT molecular complexity index is 662. The van der Waals surface area contributed by atoms with Gasteiger partial charge in [-0.15, -0.1) is 11.3 Å². The van der Waals surface area contributed by atoms with Crippen LogP contribution < -0.4 is 10.2 Å². The third kappa shape index (κ3) is 4.29. The predicted molar refractivity (Wildman–Crippen MR) is 86.3 cm³/mol. The topological polar surface area (TPSA) is 50.7 Å².